The molecule has 0 N–H and O–H groups in total. The zero-order chi connectivity index (χ0) is 21.2. The van der Waals surface area contributed by atoms with Crippen LogP contribution in [0, 0.1) is 0 Å². The number of hydrogen-bond donors (Lipinski definition) is 0. The molecule has 0 aliphatic heterocycles. The zero-order valence-electron chi connectivity index (χ0n) is 15.9. The van der Waals surface area contributed by atoms with Gasteiger partial charge in [-0.15, -0.1) is 0 Å². The van der Waals surface area contributed by atoms with Crippen LogP contribution in [0.15, 0.2) is 18.3 Å². The predicted molar refractivity (Wildman–Crippen MR) is 109 cm³/mol. The van der Waals surface area contributed by atoms with E-state index in [2.05, 4.69) is 4.98 Å². The van der Waals surface area contributed by atoms with E-state index in [1.54, 1.807) is 12.1 Å². The molecule has 0 aliphatic carbocycles. The Hall–Kier alpha value is -0.600. The number of unbranched alkanes of at least 4 members (excludes halogenated alkanes) is 2. The van der Waals surface area contributed by atoms with Crippen molar-refractivity contribution in [2.75, 3.05) is 32.3 Å². The van der Waals surface area contributed by atoms with Gasteiger partial charge < -0.3 is 4.74 Å². The van der Waals surface area contributed by atoms with Crippen LogP contribution in [0.3, 0.4) is 0 Å². The quantitative estimate of drug-likeness (QED) is 0.236. The van der Waals surface area contributed by atoms with Gasteiger partial charge in [0.05, 0.1) is 13.2 Å². The molecule has 1 unspecified atom stereocenters. The summed E-state index contributed by atoms with van der Waals surface area (Å²) in [4.78, 5) is 17.4. The van der Waals surface area contributed by atoms with Gasteiger partial charge in [-0.3, -0.25) is 18.5 Å². The molecule has 12 heteroatoms. The number of carbonyl (C=O) groups is 1. The van der Waals surface area contributed by atoms with Gasteiger partial charge in [0.15, 0.2) is 0 Å². The van der Waals surface area contributed by atoms with Crippen LogP contribution in [0.25, 0.3) is 0 Å². The Balaban J connectivity index is 2.77. The second-order valence-electron chi connectivity index (χ2n) is 5.66. The molecular formula is C16H24Cl3N2O6P. The van der Waals surface area contributed by atoms with Crippen LogP contribution in [0.5, 0.6) is 0 Å². The number of anilines is 1. The van der Waals surface area contributed by atoms with E-state index in [-0.39, 0.29) is 19.0 Å². The number of halogens is 3. The highest BCUT2D eigenvalue weighted by Gasteiger charge is 2.27. The van der Waals surface area contributed by atoms with Crippen LogP contribution in [0.2, 0.25) is 0 Å². The Morgan fingerprint density at radius 2 is 2.00 bits per heavy atom. The summed E-state index contributed by atoms with van der Waals surface area (Å²) < 4.78 is 31.2. The molecule has 1 rings (SSSR count). The van der Waals surface area contributed by atoms with Crippen molar-refractivity contribution in [2.24, 2.45) is 0 Å². The maximum absolute atomic E-state index is 12.5. The molecule has 1 amide bonds. The molecule has 0 spiro atoms. The molecule has 1 aromatic rings. The first-order chi connectivity index (χ1) is 13.1. The molecule has 1 heterocycles. The molecule has 0 saturated heterocycles. The topological polar surface area (TPSA) is 87.2 Å². The third kappa shape index (κ3) is 9.27. The number of aromatic nitrogens is 1. The molecular weight excluding hydrogens is 454 g/mol. The van der Waals surface area contributed by atoms with Crippen LogP contribution < -0.4 is 4.90 Å². The molecule has 0 aliphatic rings. The summed E-state index contributed by atoms with van der Waals surface area (Å²) in [6.07, 6.45) is 3.38. The van der Waals surface area contributed by atoms with Crippen LogP contribution in [-0.2, 0) is 29.5 Å². The van der Waals surface area contributed by atoms with Crippen molar-refractivity contribution in [1.82, 2.24) is 4.98 Å². The van der Waals surface area contributed by atoms with Crippen molar-refractivity contribution in [3.05, 3.63) is 23.9 Å². The molecule has 1 atom stereocenters. The predicted octanol–water partition coefficient (Wildman–Crippen LogP) is 5.50. The van der Waals surface area contributed by atoms with E-state index in [9.17, 15) is 9.36 Å². The fourth-order valence-corrected chi connectivity index (χ4v) is 3.09. The van der Waals surface area contributed by atoms with Crippen molar-refractivity contribution >= 4 is 54.5 Å². The maximum Gasteiger partial charge on any atom is 0.474 e. The second kappa shape index (κ2) is 12.2. The maximum atomic E-state index is 12.5. The third-order valence-electron chi connectivity index (χ3n) is 3.42. The molecule has 0 aromatic carbocycles. The highest BCUT2D eigenvalue weighted by molar-refractivity contribution is 7.48. The highest BCUT2D eigenvalue weighted by atomic mass is 35.6. The van der Waals surface area contributed by atoms with Crippen molar-refractivity contribution < 1.29 is 27.7 Å². The van der Waals surface area contributed by atoms with Gasteiger partial charge in [0.25, 0.3) is 0 Å². The van der Waals surface area contributed by atoms with Crippen LogP contribution in [0.4, 0.5) is 10.6 Å². The lowest BCUT2D eigenvalue weighted by Crippen LogP contribution is -2.31. The summed E-state index contributed by atoms with van der Waals surface area (Å²) in [5.74, 6) is 0.227. The first-order valence-electron chi connectivity index (χ1n) is 8.48. The summed E-state index contributed by atoms with van der Waals surface area (Å²) in [6.45, 7) is 1.71. The van der Waals surface area contributed by atoms with Crippen molar-refractivity contribution in [3.63, 3.8) is 0 Å². The summed E-state index contributed by atoms with van der Waals surface area (Å²) in [5, 5.41) is 0. The fourth-order valence-electron chi connectivity index (χ4n) is 1.99. The summed E-state index contributed by atoms with van der Waals surface area (Å²) in [7, 11) is -1.05. The summed E-state index contributed by atoms with van der Waals surface area (Å²) in [6, 6.07) is 3.29. The molecule has 28 heavy (non-hydrogen) atoms. The Morgan fingerprint density at radius 3 is 2.61 bits per heavy atom. The van der Waals surface area contributed by atoms with Gasteiger partial charge in [-0.25, -0.2) is 14.3 Å². The van der Waals surface area contributed by atoms with Gasteiger partial charge in [-0.1, -0.05) is 60.6 Å². The highest BCUT2D eigenvalue weighted by Crippen LogP contribution is 2.49. The molecule has 1 aromatic heterocycles. The van der Waals surface area contributed by atoms with Crippen molar-refractivity contribution in [2.45, 2.75) is 36.6 Å². The zero-order valence-corrected chi connectivity index (χ0v) is 19.1. The van der Waals surface area contributed by atoms with Gasteiger partial charge in [-0.05, 0) is 12.5 Å². The van der Waals surface area contributed by atoms with E-state index in [0.29, 0.717) is 5.56 Å². The third-order valence-corrected chi connectivity index (χ3v) is 5.14. The molecule has 0 bridgehead atoms. The first kappa shape index (κ1) is 25.4. The summed E-state index contributed by atoms with van der Waals surface area (Å²) >= 11 is 16.7. The van der Waals surface area contributed by atoms with E-state index < -0.39 is 24.3 Å². The Labute approximate surface area is 180 Å². The standard InChI is InChI=1S/C16H24Cl3N2O6P/c1-4-5-6-10-26-28(23,24-3)27-11-13-8-7-9-20-14(13)21(2)15(22)25-12-16(17,18)19/h7-9H,4-6,10-12H2,1-3H3. The lowest BCUT2D eigenvalue weighted by Gasteiger charge is -2.21. The fraction of sp³-hybridized carbons (Fsp3) is 0.625. The number of alkyl halides is 3. The van der Waals surface area contributed by atoms with Crippen LogP contribution in [-0.4, -0.2) is 42.2 Å². The Morgan fingerprint density at radius 1 is 1.29 bits per heavy atom. The normalized spacial score (nSPS) is 13.8. The van der Waals surface area contributed by atoms with Gasteiger partial charge in [0.2, 0.25) is 3.79 Å². The minimum Gasteiger partial charge on any atom is -0.445 e. The number of ether oxygens (including phenoxy) is 1. The monoisotopic (exact) mass is 476 g/mol. The minimum absolute atomic E-state index is 0.163. The van der Waals surface area contributed by atoms with E-state index in [4.69, 9.17) is 53.1 Å². The van der Waals surface area contributed by atoms with E-state index in [1.807, 2.05) is 6.92 Å². The number of pyridine rings is 1. The van der Waals surface area contributed by atoms with Crippen LogP contribution >= 0.6 is 42.6 Å². The van der Waals surface area contributed by atoms with E-state index in [1.165, 1.54) is 20.4 Å². The van der Waals surface area contributed by atoms with E-state index in [0.717, 1.165) is 24.2 Å². The number of amides is 1. The average molecular weight is 478 g/mol. The van der Waals surface area contributed by atoms with Gasteiger partial charge in [-0.2, -0.15) is 0 Å². The van der Waals surface area contributed by atoms with E-state index >= 15 is 0 Å². The van der Waals surface area contributed by atoms with Crippen LogP contribution in [0.1, 0.15) is 31.7 Å². The molecule has 8 nitrogen and oxygen atoms in total. The number of nitrogens with zero attached hydrogens (tertiary/aromatic N) is 2. The van der Waals surface area contributed by atoms with Gasteiger partial charge in [0.1, 0.15) is 12.4 Å². The molecule has 160 valence electrons. The minimum atomic E-state index is -3.73. The average Bonchev–Trinajstić information content (AvgIpc) is 2.67. The first-order valence-corrected chi connectivity index (χ1v) is 11.1. The SMILES string of the molecule is CCCCCOP(=O)(OC)OCc1cccnc1N(C)C(=O)OCC(Cl)(Cl)Cl. The Kier molecular flexibility index (Phi) is 11.1. The molecule has 0 saturated carbocycles. The molecule has 0 fully saturated rings. The number of phosphoric ester groups is 1. The number of hydrogen-bond acceptors (Lipinski definition) is 7. The number of rotatable bonds is 11. The van der Waals surface area contributed by atoms with Gasteiger partial charge >= 0.3 is 13.9 Å². The van der Waals surface area contributed by atoms with Crippen molar-refractivity contribution in [1.29, 1.82) is 0 Å². The second-order valence-corrected chi connectivity index (χ2v) is 9.95. The largest absolute Gasteiger partial charge is 0.474 e. The number of carbonyl (C=O) groups excluding carboxylic acids is 1. The Bertz CT molecular complexity index is 674. The van der Waals surface area contributed by atoms with Gasteiger partial charge in [0, 0.05) is 25.9 Å². The molecule has 0 radical (unpaired) electrons. The lowest BCUT2D eigenvalue weighted by molar-refractivity contribution is 0.124. The summed E-state index contributed by atoms with van der Waals surface area (Å²) in [5.41, 5.74) is 0.463. The number of phosphoric acid groups is 1. The lowest BCUT2D eigenvalue weighted by atomic mass is 10.2. The van der Waals surface area contributed by atoms with Crippen molar-refractivity contribution in [3.8, 4) is 0 Å². The smallest absolute Gasteiger partial charge is 0.445 e.